The van der Waals surface area contributed by atoms with Crippen molar-refractivity contribution in [3.8, 4) is 0 Å². The van der Waals surface area contributed by atoms with Crippen LogP contribution in [0.4, 0.5) is 0 Å². The fourth-order valence-electron chi connectivity index (χ4n) is 10.9. The van der Waals surface area contributed by atoms with Crippen LogP contribution in [-0.4, -0.2) is 29.0 Å². The predicted octanol–water partition coefficient (Wildman–Crippen LogP) is 6.40. The number of ether oxygens (including phenoxy) is 1. The maximum atomic E-state index is 14.4. The van der Waals surface area contributed by atoms with Gasteiger partial charge in [-0.1, -0.05) is 54.0 Å². The van der Waals surface area contributed by atoms with Crippen LogP contribution in [0, 0.1) is 50.2 Å². The second kappa shape index (κ2) is 8.41. The number of allylic oxidation sites excluding steroid dienone is 2. The molecule has 0 bridgehead atoms. The topological polar surface area (TPSA) is 92.7 Å². The molecule has 0 aromatic heterocycles. The lowest BCUT2D eigenvalue weighted by Gasteiger charge is -2.70. The van der Waals surface area contributed by atoms with Crippen LogP contribution in [0.5, 0.6) is 0 Å². The van der Waals surface area contributed by atoms with E-state index in [-0.39, 0.29) is 62.7 Å². The lowest BCUT2D eigenvalue weighted by atomic mass is 9.33. The minimum atomic E-state index is -0.637. The highest BCUT2D eigenvalue weighted by molar-refractivity contribution is 5.95. The van der Waals surface area contributed by atoms with Crippen LogP contribution in [0.25, 0.3) is 0 Å². The first-order valence-corrected chi connectivity index (χ1v) is 14.9. The predicted molar refractivity (Wildman–Crippen MR) is 145 cm³/mol. The van der Waals surface area contributed by atoms with Crippen molar-refractivity contribution in [2.75, 3.05) is 0 Å². The van der Waals surface area contributed by atoms with E-state index in [0.29, 0.717) is 12.3 Å². The summed E-state index contributed by atoms with van der Waals surface area (Å²) in [6.45, 7) is 17.4. The zero-order valence-corrected chi connectivity index (χ0v) is 24.8. The molecule has 6 heteroatoms. The molecule has 0 spiro atoms. The summed E-state index contributed by atoms with van der Waals surface area (Å²) < 4.78 is 5.83. The maximum absolute atomic E-state index is 14.4. The largest absolute Gasteiger partial charge is 0.462 e. The van der Waals surface area contributed by atoms with E-state index in [4.69, 9.17) is 4.74 Å². The van der Waals surface area contributed by atoms with Gasteiger partial charge >= 0.3 is 5.97 Å². The number of nitrogens with one attached hydrogen (secondary N) is 1. The summed E-state index contributed by atoms with van der Waals surface area (Å²) >= 11 is 0. The number of fused-ring (bicyclic) bond motifs is 7. The second-order valence-corrected chi connectivity index (χ2v) is 15.7. The van der Waals surface area contributed by atoms with Crippen LogP contribution in [0.1, 0.15) is 113 Å². The Balaban J connectivity index is 1.57. The van der Waals surface area contributed by atoms with Crippen molar-refractivity contribution in [2.45, 2.75) is 119 Å². The first-order valence-electron chi connectivity index (χ1n) is 14.9. The molecule has 212 valence electrons. The molecule has 5 aliphatic carbocycles. The number of amides is 1. The van der Waals surface area contributed by atoms with E-state index in [1.54, 1.807) is 0 Å². The highest BCUT2D eigenvalue weighted by atomic mass is 16.5. The highest BCUT2D eigenvalue weighted by Crippen LogP contribution is 2.75. The Morgan fingerprint density at radius 2 is 1.61 bits per heavy atom. The van der Waals surface area contributed by atoms with Crippen LogP contribution in [-0.2, 0) is 19.1 Å². The standard InChI is InChI=1S/C32H49NO5/c1-19(34)38-24-10-11-30(6)23(27(24,2)3)9-12-32(8)25(30)22(35)17-20-21-18-29(5,26(36)33-37)14-13-28(21,4)15-16-31(20,32)7/h17,21,23-25,37H,9-16,18H2,1-8H3,(H,33,36)/t21-,23?,24-,25-,28-,29+,30+,31-,32-/m1/s1. The molecule has 0 radical (unpaired) electrons. The van der Waals surface area contributed by atoms with Gasteiger partial charge in [0.25, 0.3) is 0 Å². The van der Waals surface area contributed by atoms with Gasteiger partial charge in [-0.2, -0.15) is 0 Å². The Bertz CT molecular complexity index is 1100. The van der Waals surface area contributed by atoms with Crippen molar-refractivity contribution >= 4 is 17.7 Å². The van der Waals surface area contributed by atoms with E-state index in [2.05, 4.69) is 41.5 Å². The van der Waals surface area contributed by atoms with Gasteiger partial charge in [0.05, 0.1) is 0 Å². The number of carbonyl (C=O) groups is 3. The van der Waals surface area contributed by atoms with Gasteiger partial charge in [0, 0.05) is 23.7 Å². The summed E-state index contributed by atoms with van der Waals surface area (Å²) in [6, 6.07) is 0. The molecule has 0 aliphatic heterocycles. The molecule has 9 atom stereocenters. The average molecular weight is 528 g/mol. The van der Waals surface area contributed by atoms with Crippen molar-refractivity contribution < 1.29 is 24.3 Å². The normalized spacial score (nSPS) is 49.4. The number of hydrogen-bond acceptors (Lipinski definition) is 5. The fraction of sp³-hybridized carbons (Fsp3) is 0.844. The van der Waals surface area contributed by atoms with E-state index in [0.717, 1.165) is 51.4 Å². The molecule has 1 amide bonds. The molecule has 2 N–H and O–H groups in total. The van der Waals surface area contributed by atoms with Crippen LogP contribution >= 0.6 is 0 Å². The number of hydroxylamine groups is 1. The molecule has 38 heavy (non-hydrogen) atoms. The smallest absolute Gasteiger partial charge is 0.302 e. The maximum Gasteiger partial charge on any atom is 0.302 e. The highest BCUT2D eigenvalue weighted by Gasteiger charge is 2.70. The Morgan fingerprint density at radius 1 is 0.947 bits per heavy atom. The number of rotatable bonds is 2. The van der Waals surface area contributed by atoms with Crippen LogP contribution in [0.2, 0.25) is 0 Å². The molecular formula is C32H49NO5. The molecular weight excluding hydrogens is 478 g/mol. The molecule has 0 aromatic carbocycles. The number of carbonyl (C=O) groups excluding carboxylic acids is 3. The summed E-state index contributed by atoms with van der Waals surface area (Å²) in [4.78, 5) is 39.0. The van der Waals surface area contributed by atoms with Crippen molar-refractivity contribution in [1.29, 1.82) is 0 Å². The van der Waals surface area contributed by atoms with Crippen molar-refractivity contribution in [1.82, 2.24) is 5.48 Å². The minimum Gasteiger partial charge on any atom is -0.462 e. The molecule has 0 saturated heterocycles. The third kappa shape index (κ3) is 3.50. The van der Waals surface area contributed by atoms with Gasteiger partial charge in [-0.25, -0.2) is 5.48 Å². The van der Waals surface area contributed by atoms with Gasteiger partial charge in [0.15, 0.2) is 5.78 Å². The fourth-order valence-corrected chi connectivity index (χ4v) is 10.9. The van der Waals surface area contributed by atoms with E-state index in [1.165, 1.54) is 12.5 Å². The summed E-state index contributed by atoms with van der Waals surface area (Å²) in [5.74, 6) is 0.117. The van der Waals surface area contributed by atoms with Crippen LogP contribution in [0.15, 0.2) is 11.6 Å². The van der Waals surface area contributed by atoms with Crippen molar-refractivity contribution in [3.05, 3.63) is 11.6 Å². The van der Waals surface area contributed by atoms with E-state index >= 15 is 0 Å². The number of ketones is 1. The van der Waals surface area contributed by atoms with Crippen LogP contribution in [0.3, 0.4) is 0 Å². The zero-order valence-electron chi connectivity index (χ0n) is 24.8. The molecule has 6 nitrogen and oxygen atoms in total. The molecule has 5 rings (SSSR count). The van der Waals surface area contributed by atoms with Gasteiger partial charge in [0.1, 0.15) is 6.10 Å². The quantitative estimate of drug-likeness (QED) is 0.246. The van der Waals surface area contributed by atoms with Crippen molar-refractivity contribution in [3.63, 3.8) is 0 Å². The SMILES string of the molecule is CC(=O)O[C@@H]1CC[C@@]2(C)C(CC[C@]3(C)[C@@H]2C(=O)C=C2[C@H]4C[C@@](C)(C(=O)NO)CC[C@]4(C)CC[C@]23C)C1(C)C. The number of hydrogen-bond donors (Lipinski definition) is 2. The lowest BCUT2D eigenvalue weighted by molar-refractivity contribution is -0.210. The average Bonchev–Trinajstić information content (AvgIpc) is 2.82. The van der Waals surface area contributed by atoms with Gasteiger partial charge in [-0.15, -0.1) is 0 Å². The monoisotopic (exact) mass is 527 g/mol. The third-order valence-corrected chi connectivity index (χ3v) is 13.5. The Kier molecular flexibility index (Phi) is 6.16. The second-order valence-electron chi connectivity index (χ2n) is 15.7. The molecule has 4 saturated carbocycles. The summed E-state index contributed by atoms with van der Waals surface area (Å²) in [5.41, 5.74) is 1.98. The van der Waals surface area contributed by atoms with Crippen molar-refractivity contribution in [2.24, 2.45) is 50.2 Å². The first kappa shape index (κ1) is 27.9. The molecule has 0 aromatic rings. The summed E-state index contributed by atoms with van der Waals surface area (Å²) in [5, 5.41) is 9.48. The molecule has 1 unspecified atom stereocenters. The van der Waals surface area contributed by atoms with E-state index < -0.39 is 5.41 Å². The number of esters is 1. The lowest BCUT2D eigenvalue weighted by Crippen LogP contribution is -2.66. The summed E-state index contributed by atoms with van der Waals surface area (Å²) in [7, 11) is 0. The van der Waals surface area contributed by atoms with Crippen LogP contribution < -0.4 is 5.48 Å². The zero-order chi connectivity index (χ0) is 28.1. The van der Waals surface area contributed by atoms with Gasteiger partial charge in [-0.3, -0.25) is 19.6 Å². The minimum absolute atomic E-state index is 0.0647. The summed E-state index contributed by atoms with van der Waals surface area (Å²) in [6.07, 6.45) is 10.1. The Hall–Kier alpha value is -1.69. The molecule has 0 heterocycles. The Morgan fingerprint density at radius 3 is 2.24 bits per heavy atom. The third-order valence-electron chi connectivity index (χ3n) is 13.5. The molecule has 4 fully saturated rings. The Labute approximate surface area is 228 Å². The van der Waals surface area contributed by atoms with E-state index in [9.17, 15) is 19.6 Å². The van der Waals surface area contributed by atoms with Gasteiger partial charge < -0.3 is 4.74 Å². The first-order chi connectivity index (χ1) is 17.5. The van der Waals surface area contributed by atoms with E-state index in [1.807, 2.05) is 18.5 Å². The molecule has 5 aliphatic rings. The van der Waals surface area contributed by atoms with Gasteiger partial charge in [-0.05, 0) is 97.4 Å². The van der Waals surface area contributed by atoms with Gasteiger partial charge in [0.2, 0.25) is 5.91 Å².